The highest BCUT2D eigenvalue weighted by molar-refractivity contribution is 5.91. The summed E-state index contributed by atoms with van der Waals surface area (Å²) in [6.45, 7) is 5.15. The highest BCUT2D eigenvalue weighted by atomic mass is 19.1. The lowest BCUT2D eigenvalue weighted by molar-refractivity contribution is -1.02. The summed E-state index contributed by atoms with van der Waals surface area (Å²) in [5, 5.41) is 2.93. The van der Waals surface area contributed by atoms with E-state index in [2.05, 4.69) is 5.32 Å². The fraction of sp³-hybridized carbons (Fsp3) is 0.350. The molecular weight excluding hydrogens is 333 g/mol. The van der Waals surface area contributed by atoms with E-state index in [1.54, 1.807) is 19.2 Å². The molecule has 1 heterocycles. The molecule has 0 radical (unpaired) electrons. The van der Waals surface area contributed by atoms with Gasteiger partial charge >= 0.3 is 0 Å². The first kappa shape index (κ1) is 18.4. The zero-order valence-electron chi connectivity index (χ0n) is 15.1. The van der Waals surface area contributed by atoms with E-state index in [1.807, 2.05) is 30.3 Å². The molecule has 2 aromatic rings. The number of nitrogens with one attached hydrogen (secondary N) is 3. The van der Waals surface area contributed by atoms with E-state index < -0.39 is 0 Å². The van der Waals surface area contributed by atoms with Crippen molar-refractivity contribution < 1.29 is 23.7 Å². The monoisotopic (exact) mass is 359 g/mol. The van der Waals surface area contributed by atoms with Gasteiger partial charge in [-0.2, -0.15) is 0 Å². The number of ether oxygens (including phenoxy) is 1. The van der Waals surface area contributed by atoms with Crippen LogP contribution in [0.1, 0.15) is 5.56 Å². The van der Waals surface area contributed by atoms with Crippen LogP contribution in [-0.2, 0) is 11.3 Å². The summed E-state index contributed by atoms with van der Waals surface area (Å²) in [6, 6.07) is 14.2. The van der Waals surface area contributed by atoms with Gasteiger partial charge in [-0.3, -0.25) is 4.79 Å². The van der Waals surface area contributed by atoms with Crippen molar-refractivity contribution in [2.24, 2.45) is 0 Å². The van der Waals surface area contributed by atoms with Crippen molar-refractivity contribution in [3.63, 3.8) is 0 Å². The smallest absolute Gasteiger partial charge is 0.279 e. The number of hydrogen-bond acceptors (Lipinski definition) is 2. The van der Waals surface area contributed by atoms with Gasteiger partial charge in [0.05, 0.1) is 7.11 Å². The average Bonchev–Trinajstić information content (AvgIpc) is 2.63. The lowest BCUT2D eigenvalue weighted by atomic mass is 10.2. The second-order valence-electron chi connectivity index (χ2n) is 6.76. The minimum atomic E-state index is -0.180. The van der Waals surface area contributed by atoms with Crippen LogP contribution in [0.3, 0.4) is 0 Å². The molecular formula is C20H26FN3O2+2. The Kier molecular flexibility index (Phi) is 6.20. The van der Waals surface area contributed by atoms with Crippen LogP contribution >= 0.6 is 0 Å². The minimum Gasteiger partial charge on any atom is -0.497 e. The van der Waals surface area contributed by atoms with Gasteiger partial charge in [-0.05, 0) is 24.3 Å². The van der Waals surface area contributed by atoms with Crippen LogP contribution < -0.4 is 19.9 Å². The number of benzene rings is 2. The van der Waals surface area contributed by atoms with E-state index in [9.17, 15) is 9.18 Å². The number of quaternary nitrogens is 2. The van der Waals surface area contributed by atoms with E-state index >= 15 is 0 Å². The van der Waals surface area contributed by atoms with Crippen molar-refractivity contribution in [2.45, 2.75) is 6.54 Å². The molecule has 2 aromatic carbocycles. The SMILES string of the molecule is COc1cccc(NC(=O)C[NH+]2CC[NH+](Cc3cccc(F)c3)CC2)c1. The Hall–Kier alpha value is -2.44. The van der Waals surface area contributed by atoms with Gasteiger partial charge < -0.3 is 19.9 Å². The maximum Gasteiger partial charge on any atom is 0.279 e. The van der Waals surface area contributed by atoms with E-state index in [1.165, 1.54) is 15.9 Å². The van der Waals surface area contributed by atoms with Crippen LogP contribution in [0.5, 0.6) is 5.75 Å². The second kappa shape index (κ2) is 8.78. The van der Waals surface area contributed by atoms with Crippen molar-refractivity contribution in [2.75, 3.05) is 45.2 Å². The van der Waals surface area contributed by atoms with E-state index in [0.29, 0.717) is 6.54 Å². The molecule has 0 unspecified atom stereocenters. The molecule has 1 fully saturated rings. The molecule has 138 valence electrons. The number of methoxy groups -OCH3 is 1. The first-order chi connectivity index (χ1) is 12.6. The summed E-state index contributed by atoms with van der Waals surface area (Å²) < 4.78 is 18.5. The number of anilines is 1. The van der Waals surface area contributed by atoms with Crippen molar-refractivity contribution in [3.05, 3.63) is 59.9 Å². The van der Waals surface area contributed by atoms with Gasteiger partial charge in [-0.25, -0.2) is 4.39 Å². The molecule has 0 bridgehead atoms. The third-order valence-electron chi connectivity index (χ3n) is 4.77. The molecule has 1 aliphatic rings. The van der Waals surface area contributed by atoms with Gasteiger partial charge in [0.2, 0.25) is 0 Å². The lowest BCUT2D eigenvalue weighted by Crippen LogP contribution is -3.28. The summed E-state index contributed by atoms with van der Waals surface area (Å²) in [5.41, 5.74) is 1.78. The van der Waals surface area contributed by atoms with Crippen molar-refractivity contribution in [3.8, 4) is 5.75 Å². The maximum atomic E-state index is 13.3. The molecule has 26 heavy (non-hydrogen) atoms. The van der Waals surface area contributed by atoms with Gasteiger partial charge in [0, 0.05) is 17.3 Å². The van der Waals surface area contributed by atoms with Gasteiger partial charge in [0.1, 0.15) is 44.3 Å². The Balaban J connectivity index is 1.44. The predicted octanol–water partition coefficient (Wildman–Crippen LogP) is -0.244. The van der Waals surface area contributed by atoms with Gasteiger partial charge in [0.15, 0.2) is 6.54 Å². The number of halogens is 1. The zero-order valence-corrected chi connectivity index (χ0v) is 15.1. The standard InChI is InChI=1S/C20H24FN3O2/c1-26-19-7-3-6-18(13-19)22-20(25)15-24-10-8-23(9-11-24)14-16-4-2-5-17(21)12-16/h2-7,12-13H,8-11,14-15H2,1H3,(H,22,25)/p+2. The van der Waals surface area contributed by atoms with E-state index in [-0.39, 0.29) is 11.7 Å². The third kappa shape index (κ3) is 5.28. The van der Waals surface area contributed by atoms with Gasteiger partial charge in [-0.15, -0.1) is 0 Å². The Morgan fingerprint density at radius 2 is 1.81 bits per heavy atom. The average molecular weight is 359 g/mol. The van der Waals surface area contributed by atoms with Crippen LogP contribution in [-0.4, -0.2) is 45.7 Å². The fourth-order valence-electron chi connectivity index (χ4n) is 3.38. The third-order valence-corrected chi connectivity index (χ3v) is 4.77. The molecule has 0 aromatic heterocycles. The Labute approximate surface area is 153 Å². The molecule has 3 rings (SSSR count). The molecule has 6 heteroatoms. The summed E-state index contributed by atoms with van der Waals surface area (Å²) in [7, 11) is 1.61. The minimum absolute atomic E-state index is 0.0156. The van der Waals surface area contributed by atoms with Gasteiger partial charge in [0.25, 0.3) is 5.91 Å². The molecule has 0 atom stereocenters. The number of rotatable bonds is 6. The molecule has 0 saturated carbocycles. The van der Waals surface area contributed by atoms with Crippen LogP contribution in [0.2, 0.25) is 0 Å². The molecule has 0 aliphatic carbocycles. The fourth-order valence-corrected chi connectivity index (χ4v) is 3.38. The van der Waals surface area contributed by atoms with Crippen LogP contribution in [0.25, 0.3) is 0 Å². The van der Waals surface area contributed by atoms with Crippen LogP contribution in [0.4, 0.5) is 10.1 Å². The molecule has 0 spiro atoms. The first-order valence-electron chi connectivity index (χ1n) is 8.98. The highest BCUT2D eigenvalue weighted by Gasteiger charge is 2.25. The first-order valence-corrected chi connectivity index (χ1v) is 8.98. The zero-order chi connectivity index (χ0) is 18.4. The molecule has 5 nitrogen and oxygen atoms in total. The Morgan fingerprint density at radius 1 is 1.08 bits per heavy atom. The Morgan fingerprint density at radius 3 is 2.54 bits per heavy atom. The lowest BCUT2D eigenvalue weighted by Gasteiger charge is -2.29. The largest absolute Gasteiger partial charge is 0.497 e. The maximum absolute atomic E-state index is 13.3. The number of amides is 1. The number of hydrogen-bond donors (Lipinski definition) is 3. The van der Waals surface area contributed by atoms with E-state index in [0.717, 1.165) is 49.7 Å². The second-order valence-corrected chi connectivity index (χ2v) is 6.76. The molecule has 1 amide bonds. The van der Waals surface area contributed by atoms with Crippen LogP contribution in [0, 0.1) is 5.82 Å². The van der Waals surface area contributed by atoms with Crippen molar-refractivity contribution in [1.82, 2.24) is 0 Å². The van der Waals surface area contributed by atoms with Crippen molar-refractivity contribution >= 4 is 11.6 Å². The van der Waals surface area contributed by atoms with Gasteiger partial charge in [-0.1, -0.05) is 18.2 Å². The van der Waals surface area contributed by atoms with Crippen molar-refractivity contribution in [1.29, 1.82) is 0 Å². The number of carbonyl (C=O) groups is 1. The highest BCUT2D eigenvalue weighted by Crippen LogP contribution is 2.16. The normalized spacial score (nSPS) is 19.8. The number of carbonyl (C=O) groups excluding carboxylic acids is 1. The Bertz CT molecular complexity index is 745. The summed E-state index contributed by atoms with van der Waals surface area (Å²) >= 11 is 0. The summed E-state index contributed by atoms with van der Waals surface area (Å²) in [4.78, 5) is 15.0. The predicted molar refractivity (Wildman–Crippen MR) is 98.0 cm³/mol. The topological polar surface area (TPSA) is 47.2 Å². The quantitative estimate of drug-likeness (QED) is 0.667. The van der Waals surface area contributed by atoms with E-state index in [4.69, 9.17) is 4.74 Å². The summed E-state index contributed by atoms with van der Waals surface area (Å²) in [5.74, 6) is 0.562. The van der Waals surface area contributed by atoms with Crippen LogP contribution in [0.15, 0.2) is 48.5 Å². The molecule has 1 aliphatic heterocycles. The molecule has 1 saturated heterocycles. The molecule has 3 N–H and O–H groups in total. The number of piperazine rings is 1. The summed E-state index contributed by atoms with van der Waals surface area (Å²) in [6.07, 6.45) is 0.